The molecule has 18 heavy (non-hydrogen) atoms. The molecule has 2 aromatic heterocycles. The minimum atomic E-state index is 0.197. The summed E-state index contributed by atoms with van der Waals surface area (Å²) in [4.78, 5) is 15.4. The number of fused-ring (bicyclic) bond motifs is 1. The first-order chi connectivity index (χ1) is 8.74. The van der Waals surface area contributed by atoms with Crippen molar-refractivity contribution in [3.63, 3.8) is 0 Å². The first-order valence-corrected chi connectivity index (χ1v) is 6.39. The van der Waals surface area contributed by atoms with E-state index in [1.807, 2.05) is 6.92 Å². The fourth-order valence-corrected chi connectivity index (χ4v) is 2.65. The first-order valence-electron chi connectivity index (χ1n) is 5.51. The molecule has 0 aromatic carbocycles. The standard InChI is InChI=1S/C10H14N6OS/c1-2-6(3-7(11)16-17)18-10-8-9(13-4-12-8)14-5-15-10/h4-6,17H,2-3H2,1H3,(H2,11,16)(H,12,13,14,15). The largest absolute Gasteiger partial charge is 0.409 e. The van der Waals surface area contributed by atoms with Gasteiger partial charge in [-0.1, -0.05) is 12.1 Å². The number of amidine groups is 1. The fourth-order valence-electron chi connectivity index (χ4n) is 1.53. The Kier molecular flexibility index (Phi) is 3.98. The zero-order chi connectivity index (χ0) is 13.0. The van der Waals surface area contributed by atoms with Crippen LogP contribution in [-0.4, -0.2) is 36.2 Å². The quantitative estimate of drug-likeness (QED) is 0.188. The van der Waals surface area contributed by atoms with Crippen LogP contribution in [-0.2, 0) is 0 Å². The van der Waals surface area contributed by atoms with Crippen LogP contribution in [0.2, 0.25) is 0 Å². The minimum absolute atomic E-state index is 0.197. The van der Waals surface area contributed by atoms with Crippen molar-refractivity contribution < 1.29 is 5.21 Å². The average molecular weight is 266 g/mol. The van der Waals surface area contributed by atoms with Gasteiger partial charge in [-0.15, -0.1) is 11.8 Å². The highest BCUT2D eigenvalue weighted by Crippen LogP contribution is 2.29. The highest BCUT2D eigenvalue weighted by atomic mass is 32.2. The van der Waals surface area contributed by atoms with Gasteiger partial charge >= 0.3 is 0 Å². The number of nitrogens with zero attached hydrogens (tertiary/aromatic N) is 4. The summed E-state index contributed by atoms with van der Waals surface area (Å²) in [5.74, 6) is 0.226. The molecule has 2 heterocycles. The molecule has 1 unspecified atom stereocenters. The second-order valence-electron chi connectivity index (χ2n) is 3.72. The third-order valence-electron chi connectivity index (χ3n) is 2.49. The van der Waals surface area contributed by atoms with Crippen molar-refractivity contribution in [1.82, 2.24) is 19.9 Å². The molecule has 0 aliphatic carbocycles. The number of thioether (sulfide) groups is 1. The molecule has 2 rings (SSSR count). The third kappa shape index (κ3) is 2.70. The summed E-state index contributed by atoms with van der Waals surface area (Å²) in [6.07, 6.45) is 4.48. The number of aromatic amines is 1. The van der Waals surface area contributed by atoms with Gasteiger partial charge in [-0.05, 0) is 6.42 Å². The van der Waals surface area contributed by atoms with Gasteiger partial charge in [-0.3, -0.25) is 0 Å². The van der Waals surface area contributed by atoms with Crippen LogP contribution in [0.4, 0.5) is 0 Å². The number of H-pyrrole nitrogens is 1. The van der Waals surface area contributed by atoms with E-state index in [1.54, 1.807) is 18.1 Å². The summed E-state index contributed by atoms with van der Waals surface area (Å²) >= 11 is 1.57. The van der Waals surface area contributed by atoms with E-state index in [-0.39, 0.29) is 11.1 Å². The highest BCUT2D eigenvalue weighted by Gasteiger charge is 2.15. The van der Waals surface area contributed by atoms with E-state index in [0.29, 0.717) is 12.1 Å². The Bertz CT molecular complexity index is 554. The molecule has 2 aromatic rings. The van der Waals surface area contributed by atoms with Crippen molar-refractivity contribution >= 4 is 28.8 Å². The summed E-state index contributed by atoms with van der Waals surface area (Å²) in [6, 6.07) is 0. The Hall–Kier alpha value is -1.83. The van der Waals surface area contributed by atoms with Crippen LogP contribution in [0.15, 0.2) is 22.8 Å². The number of imidazole rings is 1. The normalized spacial score (nSPS) is 13.9. The van der Waals surface area contributed by atoms with E-state index in [4.69, 9.17) is 10.9 Å². The zero-order valence-corrected chi connectivity index (χ0v) is 10.7. The number of aromatic nitrogens is 4. The Labute approximate surface area is 108 Å². The maximum atomic E-state index is 8.60. The van der Waals surface area contributed by atoms with Gasteiger partial charge in [0.1, 0.15) is 22.7 Å². The SMILES string of the molecule is CCC(C/C(N)=N/O)Sc1ncnc2nc[nH]c12. The van der Waals surface area contributed by atoms with Crippen LogP contribution in [0.25, 0.3) is 11.2 Å². The van der Waals surface area contributed by atoms with Gasteiger partial charge in [-0.2, -0.15) is 0 Å². The molecule has 0 amide bonds. The van der Waals surface area contributed by atoms with Crippen molar-refractivity contribution in [2.45, 2.75) is 30.0 Å². The van der Waals surface area contributed by atoms with Crippen molar-refractivity contribution in [2.75, 3.05) is 0 Å². The summed E-state index contributed by atoms with van der Waals surface area (Å²) in [5.41, 5.74) is 6.99. The molecule has 0 aliphatic heterocycles. The Morgan fingerprint density at radius 2 is 2.39 bits per heavy atom. The smallest absolute Gasteiger partial charge is 0.181 e. The van der Waals surface area contributed by atoms with Crippen LogP contribution in [0, 0.1) is 0 Å². The first kappa shape index (κ1) is 12.6. The summed E-state index contributed by atoms with van der Waals surface area (Å²) in [7, 11) is 0. The van der Waals surface area contributed by atoms with Crippen LogP contribution < -0.4 is 5.73 Å². The molecule has 0 fully saturated rings. The summed E-state index contributed by atoms with van der Waals surface area (Å²) in [6.45, 7) is 2.05. The van der Waals surface area contributed by atoms with Crippen LogP contribution in [0.5, 0.6) is 0 Å². The van der Waals surface area contributed by atoms with Gasteiger partial charge in [0, 0.05) is 11.7 Å². The monoisotopic (exact) mass is 266 g/mol. The molecule has 0 spiro atoms. The number of hydrogen-bond donors (Lipinski definition) is 3. The maximum absolute atomic E-state index is 8.60. The topological polar surface area (TPSA) is 113 Å². The Morgan fingerprint density at radius 3 is 3.11 bits per heavy atom. The molecular formula is C10H14N6OS. The van der Waals surface area contributed by atoms with E-state index in [2.05, 4.69) is 25.1 Å². The van der Waals surface area contributed by atoms with E-state index >= 15 is 0 Å². The fraction of sp³-hybridized carbons (Fsp3) is 0.400. The van der Waals surface area contributed by atoms with Crippen LogP contribution in [0.3, 0.4) is 0 Å². The Morgan fingerprint density at radius 1 is 1.56 bits per heavy atom. The highest BCUT2D eigenvalue weighted by molar-refractivity contribution is 8.00. The van der Waals surface area contributed by atoms with E-state index in [0.717, 1.165) is 17.0 Å². The van der Waals surface area contributed by atoms with Crippen molar-refractivity contribution in [1.29, 1.82) is 0 Å². The molecule has 7 nitrogen and oxygen atoms in total. The molecule has 0 saturated carbocycles. The van der Waals surface area contributed by atoms with Gasteiger partial charge in [0.25, 0.3) is 0 Å². The van der Waals surface area contributed by atoms with E-state index in [1.165, 1.54) is 6.33 Å². The predicted octanol–water partition coefficient (Wildman–Crippen LogP) is 1.36. The lowest BCUT2D eigenvalue weighted by molar-refractivity contribution is 0.316. The van der Waals surface area contributed by atoms with Crippen LogP contribution in [0.1, 0.15) is 19.8 Å². The lowest BCUT2D eigenvalue weighted by atomic mass is 10.2. The molecule has 96 valence electrons. The molecule has 8 heteroatoms. The average Bonchev–Trinajstić information content (AvgIpc) is 2.87. The van der Waals surface area contributed by atoms with Crippen molar-refractivity contribution in [3.8, 4) is 0 Å². The van der Waals surface area contributed by atoms with Crippen LogP contribution >= 0.6 is 11.8 Å². The van der Waals surface area contributed by atoms with Gasteiger partial charge in [0.05, 0.1) is 6.33 Å². The van der Waals surface area contributed by atoms with Gasteiger partial charge < -0.3 is 15.9 Å². The van der Waals surface area contributed by atoms with Gasteiger partial charge in [0.15, 0.2) is 5.65 Å². The molecular weight excluding hydrogens is 252 g/mol. The molecule has 4 N–H and O–H groups in total. The number of nitrogens with two attached hydrogens (primary N) is 1. The third-order valence-corrected chi connectivity index (χ3v) is 3.85. The lowest BCUT2D eigenvalue weighted by Crippen LogP contribution is -2.18. The summed E-state index contributed by atoms with van der Waals surface area (Å²) in [5, 5.41) is 12.6. The van der Waals surface area contributed by atoms with E-state index in [9.17, 15) is 0 Å². The van der Waals surface area contributed by atoms with E-state index < -0.39 is 0 Å². The maximum Gasteiger partial charge on any atom is 0.181 e. The van der Waals surface area contributed by atoms with Crippen molar-refractivity contribution in [2.24, 2.45) is 10.9 Å². The van der Waals surface area contributed by atoms with Gasteiger partial charge in [-0.25, -0.2) is 15.0 Å². The molecule has 0 radical (unpaired) electrons. The van der Waals surface area contributed by atoms with Crippen molar-refractivity contribution in [3.05, 3.63) is 12.7 Å². The molecule has 0 bridgehead atoms. The zero-order valence-electron chi connectivity index (χ0n) is 9.87. The second kappa shape index (κ2) is 5.67. The second-order valence-corrected chi connectivity index (χ2v) is 5.01. The summed E-state index contributed by atoms with van der Waals surface area (Å²) < 4.78 is 0. The Balaban J connectivity index is 2.18. The molecule has 0 aliphatic rings. The number of nitrogens with one attached hydrogen (secondary N) is 1. The minimum Gasteiger partial charge on any atom is -0.409 e. The van der Waals surface area contributed by atoms with Gasteiger partial charge in [0.2, 0.25) is 0 Å². The molecule has 1 atom stereocenters. The number of hydrogen-bond acceptors (Lipinski definition) is 6. The molecule has 0 saturated heterocycles. The predicted molar refractivity (Wildman–Crippen MR) is 69.6 cm³/mol. The number of oxime groups is 1. The number of rotatable bonds is 5. The lowest BCUT2D eigenvalue weighted by Gasteiger charge is -2.12.